The van der Waals surface area contributed by atoms with E-state index in [4.69, 9.17) is 0 Å². The van der Waals surface area contributed by atoms with Crippen molar-refractivity contribution in [2.45, 2.75) is 9.79 Å². The molecule has 0 aliphatic rings. The second-order valence-corrected chi connectivity index (χ2v) is 4.38. The van der Waals surface area contributed by atoms with Gasteiger partial charge in [0.05, 0.1) is 10.8 Å². The van der Waals surface area contributed by atoms with E-state index in [1.54, 1.807) is 0 Å². The second-order valence-electron chi connectivity index (χ2n) is 2.89. The summed E-state index contributed by atoms with van der Waals surface area (Å²) >= 11 is 0. The maximum Gasteiger partial charge on any atom is 0.0849 e. The van der Waals surface area contributed by atoms with Crippen molar-refractivity contribution in [3.63, 3.8) is 0 Å². The smallest absolute Gasteiger partial charge is 0.0849 e. The van der Waals surface area contributed by atoms with Gasteiger partial charge < -0.3 is 0 Å². The molecular formula is C12H12Cl2OS. The van der Waals surface area contributed by atoms with E-state index < -0.39 is 10.8 Å². The van der Waals surface area contributed by atoms with Gasteiger partial charge in [0, 0.05) is 9.79 Å². The van der Waals surface area contributed by atoms with Gasteiger partial charge in [-0.3, -0.25) is 0 Å². The van der Waals surface area contributed by atoms with Gasteiger partial charge in [-0.1, -0.05) is 36.4 Å². The first kappa shape index (κ1) is 15.2. The van der Waals surface area contributed by atoms with E-state index in [0.29, 0.717) is 0 Å². The zero-order valence-corrected chi connectivity index (χ0v) is 10.9. The summed E-state index contributed by atoms with van der Waals surface area (Å²) < 4.78 is 12.0. The first-order valence-electron chi connectivity index (χ1n) is 4.40. The monoisotopic (exact) mass is 274 g/mol. The van der Waals surface area contributed by atoms with Crippen molar-refractivity contribution < 1.29 is 4.21 Å². The molecular weight excluding hydrogens is 263 g/mol. The molecule has 0 bridgehead atoms. The molecule has 0 atom stereocenters. The van der Waals surface area contributed by atoms with Crippen LogP contribution in [0.4, 0.5) is 0 Å². The van der Waals surface area contributed by atoms with Crippen molar-refractivity contribution in [3.05, 3.63) is 60.7 Å². The van der Waals surface area contributed by atoms with Crippen LogP contribution in [-0.2, 0) is 10.8 Å². The first-order valence-corrected chi connectivity index (χ1v) is 5.55. The minimum atomic E-state index is -1.05. The summed E-state index contributed by atoms with van der Waals surface area (Å²) in [5.74, 6) is 0. The van der Waals surface area contributed by atoms with Crippen molar-refractivity contribution in [1.29, 1.82) is 0 Å². The van der Waals surface area contributed by atoms with Crippen molar-refractivity contribution in [2.24, 2.45) is 0 Å². The van der Waals surface area contributed by atoms with Crippen molar-refractivity contribution in [1.82, 2.24) is 0 Å². The molecule has 0 radical (unpaired) electrons. The van der Waals surface area contributed by atoms with Crippen LogP contribution < -0.4 is 0 Å². The lowest BCUT2D eigenvalue weighted by Crippen LogP contribution is -1.91. The molecule has 0 saturated heterocycles. The number of benzene rings is 2. The maximum atomic E-state index is 12.0. The van der Waals surface area contributed by atoms with Gasteiger partial charge in [-0.15, -0.1) is 24.8 Å². The fraction of sp³-hybridized carbons (Fsp3) is 0. The summed E-state index contributed by atoms with van der Waals surface area (Å²) in [5, 5.41) is 0. The van der Waals surface area contributed by atoms with Crippen LogP contribution in [0, 0.1) is 0 Å². The number of hydrogen-bond acceptors (Lipinski definition) is 1. The van der Waals surface area contributed by atoms with Crippen molar-refractivity contribution >= 4 is 35.6 Å². The van der Waals surface area contributed by atoms with E-state index in [1.165, 1.54) is 0 Å². The fourth-order valence-electron chi connectivity index (χ4n) is 1.22. The largest absolute Gasteiger partial charge is 0.249 e. The van der Waals surface area contributed by atoms with Crippen molar-refractivity contribution in [3.8, 4) is 0 Å². The minimum Gasteiger partial charge on any atom is -0.249 e. The summed E-state index contributed by atoms with van der Waals surface area (Å²) in [6.45, 7) is 0. The topological polar surface area (TPSA) is 17.1 Å². The highest BCUT2D eigenvalue weighted by molar-refractivity contribution is 7.85. The Kier molecular flexibility index (Phi) is 7.06. The standard InChI is InChI=1S/C12H10OS.2ClH/c13-14(11-7-3-1-4-8-11)12-9-5-2-6-10-12;;/h1-10H;2*1H. The van der Waals surface area contributed by atoms with Crippen LogP contribution in [0.1, 0.15) is 0 Å². The third-order valence-corrected chi connectivity index (χ3v) is 3.32. The summed E-state index contributed by atoms with van der Waals surface area (Å²) in [5.41, 5.74) is 0. The molecule has 0 fully saturated rings. The lowest BCUT2D eigenvalue weighted by molar-refractivity contribution is 0.683. The molecule has 0 saturated carbocycles. The van der Waals surface area contributed by atoms with Crippen LogP contribution in [0.15, 0.2) is 70.5 Å². The summed E-state index contributed by atoms with van der Waals surface area (Å²) in [6, 6.07) is 19.0. The quantitative estimate of drug-likeness (QED) is 0.816. The number of hydrogen-bond donors (Lipinski definition) is 0. The molecule has 0 aliphatic carbocycles. The molecule has 2 rings (SSSR count). The first-order chi connectivity index (χ1) is 6.88. The summed E-state index contributed by atoms with van der Waals surface area (Å²) in [7, 11) is -1.05. The van der Waals surface area contributed by atoms with Crippen LogP contribution in [-0.4, -0.2) is 4.21 Å². The minimum absolute atomic E-state index is 0. The van der Waals surface area contributed by atoms with Gasteiger partial charge in [0.2, 0.25) is 0 Å². The zero-order chi connectivity index (χ0) is 9.80. The number of halogens is 2. The van der Waals surface area contributed by atoms with Gasteiger partial charge in [0.15, 0.2) is 0 Å². The Balaban J connectivity index is 0.00000112. The third kappa shape index (κ3) is 3.63. The number of rotatable bonds is 2. The van der Waals surface area contributed by atoms with Crippen LogP contribution >= 0.6 is 24.8 Å². The highest BCUT2D eigenvalue weighted by Gasteiger charge is 2.04. The maximum absolute atomic E-state index is 12.0. The zero-order valence-electron chi connectivity index (χ0n) is 8.41. The van der Waals surface area contributed by atoms with Gasteiger partial charge in [-0.2, -0.15) is 0 Å². The van der Waals surface area contributed by atoms with E-state index >= 15 is 0 Å². The highest BCUT2D eigenvalue weighted by atomic mass is 35.5. The normalized spacial score (nSPS) is 9.06. The Labute approximate surface area is 110 Å². The van der Waals surface area contributed by atoms with Gasteiger partial charge >= 0.3 is 0 Å². The van der Waals surface area contributed by atoms with E-state index in [9.17, 15) is 4.21 Å². The Morgan fingerprint density at radius 2 is 0.938 bits per heavy atom. The Morgan fingerprint density at radius 1 is 0.625 bits per heavy atom. The molecule has 0 aliphatic heterocycles. The molecule has 0 aromatic heterocycles. The van der Waals surface area contributed by atoms with Gasteiger partial charge in [-0.25, -0.2) is 4.21 Å². The highest BCUT2D eigenvalue weighted by Crippen LogP contribution is 2.14. The second kappa shape index (κ2) is 7.44. The van der Waals surface area contributed by atoms with Crippen molar-refractivity contribution in [2.75, 3.05) is 0 Å². The molecule has 1 nitrogen and oxygen atoms in total. The van der Waals surface area contributed by atoms with Gasteiger partial charge in [-0.05, 0) is 24.3 Å². The molecule has 2 aromatic rings. The SMILES string of the molecule is Cl.Cl.O=S(c1ccccc1)c1ccccc1. The van der Waals surface area contributed by atoms with Crippen LogP contribution in [0.5, 0.6) is 0 Å². The summed E-state index contributed by atoms with van der Waals surface area (Å²) in [6.07, 6.45) is 0. The molecule has 4 heteroatoms. The Bertz CT molecular complexity index is 390. The lowest BCUT2D eigenvalue weighted by Gasteiger charge is -2.00. The molecule has 0 amide bonds. The molecule has 0 heterocycles. The van der Waals surface area contributed by atoms with E-state index in [-0.39, 0.29) is 24.8 Å². The van der Waals surface area contributed by atoms with Gasteiger partial charge in [0.25, 0.3) is 0 Å². The third-order valence-electron chi connectivity index (χ3n) is 1.91. The molecule has 2 aromatic carbocycles. The lowest BCUT2D eigenvalue weighted by atomic mass is 10.4. The molecule has 0 spiro atoms. The van der Waals surface area contributed by atoms with Crippen LogP contribution in [0.3, 0.4) is 0 Å². The molecule has 0 N–H and O–H groups in total. The molecule has 16 heavy (non-hydrogen) atoms. The van der Waals surface area contributed by atoms with E-state index in [0.717, 1.165) is 9.79 Å². The molecule has 0 unspecified atom stereocenters. The van der Waals surface area contributed by atoms with E-state index in [2.05, 4.69) is 0 Å². The Morgan fingerprint density at radius 3 is 1.25 bits per heavy atom. The summed E-state index contributed by atoms with van der Waals surface area (Å²) in [4.78, 5) is 1.69. The van der Waals surface area contributed by atoms with Crippen LogP contribution in [0.2, 0.25) is 0 Å². The Hall–Kier alpha value is -0.830. The average molecular weight is 275 g/mol. The predicted octanol–water partition coefficient (Wildman–Crippen LogP) is 3.70. The van der Waals surface area contributed by atoms with Gasteiger partial charge in [0.1, 0.15) is 0 Å². The predicted molar refractivity (Wildman–Crippen MR) is 72.1 cm³/mol. The molecule has 86 valence electrons. The van der Waals surface area contributed by atoms with E-state index in [1.807, 2.05) is 60.7 Å². The fourth-order valence-corrected chi connectivity index (χ4v) is 2.31. The van der Waals surface area contributed by atoms with Crippen LogP contribution in [0.25, 0.3) is 0 Å². The average Bonchev–Trinajstić information content (AvgIpc) is 2.30.